The molecule has 0 atom stereocenters. The van der Waals surface area contributed by atoms with Crippen LogP contribution in [0.25, 0.3) is 10.4 Å². The Morgan fingerprint density at radius 1 is 1.00 bits per heavy atom. The van der Waals surface area contributed by atoms with Gasteiger partial charge in [-0.2, -0.15) is 13.2 Å². The second-order valence-corrected chi connectivity index (χ2v) is 11.0. The van der Waals surface area contributed by atoms with Gasteiger partial charge in [0.1, 0.15) is 13.2 Å². The van der Waals surface area contributed by atoms with Gasteiger partial charge in [0, 0.05) is 50.3 Å². The molecule has 1 fully saturated rings. The number of nitrogens with zero attached hydrogens (tertiary/aromatic N) is 2. The van der Waals surface area contributed by atoms with Crippen LogP contribution in [-0.2, 0) is 11.3 Å². The monoisotopic (exact) mass is 591 g/mol. The number of benzene rings is 2. The van der Waals surface area contributed by atoms with E-state index in [0.29, 0.717) is 13.2 Å². The van der Waals surface area contributed by atoms with E-state index in [0.717, 1.165) is 59.3 Å². The number of alkyl halides is 3. The molecule has 41 heavy (non-hydrogen) atoms. The van der Waals surface area contributed by atoms with Crippen LogP contribution in [0.4, 0.5) is 18.9 Å². The lowest BCUT2D eigenvalue weighted by Crippen LogP contribution is -2.44. The van der Waals surface area contributed by atoms with Crippen LogP contribution in [0.15, 0.2) is 54.6 Å². The zero-order valence-corrected chi connectivity index (χ0v) is 23.6. The van der Waals surface area contributed by atoms with Crippen LogP contribution in [-0.4, -0.2) is 74.5 Å². The molecule has 220 valence electrons. The molecule has 0 unspecified atom stereocenters. The summed E-state index contributed by atoms with van der Waals surface area (Å²) in [5.74, 6) is -1.05. The molecule has 2 N–H and O–H groups in total. The molecule has 8 nitrogen and oxygen atoms in total. The minimum atomic E-state index is -5.08. The molecule has 2 aromatic carbocycles. The van der Waals surface area contributed by atoms with Crippen molar-refractivity contribution in [2.24, 2.45) is 0 Å². The Kier molecular flexibility index (Phi) is 9.77. The van der Waals surface area contributed by atoms with Crippen molar-refractivity contribution < 1.29 is 37.3 Å². The molecule has 12 heteroatoms. The number of nitrogens with one attached hydrogen (secondary N) is 1. The summed E-state index contributed by atoms with van der Waals surface area (Å²) in [5.41, 5.74) is 3.54. The minimum absolute atomic E-state index is 0.0337. The summed E-state index contributed by atoms with van der Waals surface area (Å²) in [4.78, 5) is 28.2. The van der Waals surface area contributed by atoms with Crippen molar-refractivity contribution in [1.82, 2.24) is 10.2 Å². The second kappa shape index (κ2) is 13.3. The Hall–Kier alpha value is -3.77. The molecule has 2 aliphatic rings. The zero-order valence-electron chi connectivity index (χ0n) is 22.7. The Balaban J connectivity index is 0.000000493. The van der Waals surface area contributed by atoms with Crippen molar-refractivity contribution in [3.63, 3.8) is 0 Å². The van der Waals surface area contributed by atoms with Gasteiger partial charge in [-0.25, -0.2) is 4.79 Å². The molecular weight excluding hydrogens is 559 g/mol. The number of carboxylic acid groups (broad SMARTS) is 1. The number of aliphatic carboxylic acids is 1. The third-order valence-corrected chi connectivity index (χ3v) is 7.81. The number of carboxylic acids is 1. The third kappa shape index (κ3) is 8.37. The highest BCUT2D eigenvalue weighted by atomic mass is 32.1. The Bertz CT molecular complexity index is 1340. The lowest BCUT2D eigenvalue weighted by molar-refractivity contribution is -0.192. The van der Waals surface area contributed by atoms with E-state index in [1.807, 2.05) is 32.3 Å². The number of amides is 1. The van der Waals surface area contributed by atoms with Crippen LogP contribution in [0.1, 0.15) is 28.1 Å². The maximum absolute atomic E-state index is 12.9. The van der Waals surface area contributed by atoms with Crippen molar-refractivity contribution in [3.05, 3.63) is 65.0 Å². The molecule has 0 radical (unpaired) electrons. The molecule has 3 heterocycles. The first-order valence-electron chi connectivity index (χ1n) is 13.1. The quantitative estimate of drug-likeness (QED) is 0.403. The topological polar surface area (TPSA) is 91.3 Å². The van der Waals surface area contributed by atoms with Gasteiger partial charge in [0.25, 0.3) is 5.91 Å². The smallest absolute Gasteiger partial charge is 0.486 e. The van der Waals surface area contributed by atoms with E-state index < -0.39 is 12.1 Å². The van der Waals surface area contributed by atoms with Crippen LogP contribution in [0.3, 0.4) is 0 Å². The van der Waals surface area contributed by atoms with E-state index in [9.17, 15) is 18.0 Å². The van der Waals surface area contributed by atoms with Crippen LogP contribution in [0, 0.1) is 0 Å². The Morgan fingerprint density at radius 2 is 1.63 bits per heavy atom. The average Bonchev–Trinajstić information content (AvgIpc) is 3.45. The van der Waals surface area contributed by atoms with Crippen molar-refractivity contribution in [2.75, 3.05) is 45.3 Å². The minimum Gasteiger partial charge on any atom is -0.486 e. The van der Waals surface area contributed by atoms with E-state index >= 15 is 0 Å². The number of likely N-dealkylation sites (tertiary alicyclic amines) is 1. The van der Waals surface area contributed by atoms with Crippen molar-refractivity contribution >= 4 is 28.9 Å². The number of carbonyl (C=O) groups is 2. The molecule has 0 bridgehead atoms. The summed E-state index contributed by atoms with van der Waals surface area (Å²) >= 11 is 1.55. The summed E-state index contributed by atoms with van der Waals surface area (Å²) in [7, 11) is 4.07. The molecular formula is C29H32F3N3O5S. The van der Waals surface area contributed by atoms with Gasteiger partial charge in [-0.05, 0) is 60.4 Å². The summed E-state index contributed by atoms with van der Waals surface area (Å²) in [6.45, 7) is 4.04. The van der Waals surface area contributed by atoms with Crippen LogP contribution >= 0.6 is 11.3 Å². The summed E-state index contributed by atoms with van der Waals surface area (Å²) in [5, 5.41) is 10.4. The Labute approximate surface area is 240 Å². The van der Waals surface area contributed by atoms with Crippen molar-refractivity contribution in [3.8, 4) is 21.9 Å². The molecule has 1 amide bonds. The molecule has 0 spiro atoms. The van der Waals surface area contributed by atoms with Crippen LogP contribution in [0.5, 0.6) is 11.5 Å². The SMILES string of the molecule is CN(C)c1ccc(-c2ccc(C(=O)NC3CCN(Cc4ccc5c(c4)OCCO5)CC3)s2)cc1.O=C(O)C(F)(F)F. The van der Waals surface area contributed by atoms with Gasteiger partial charge in [-0.1, -0.05) is 18.2 Å². The first-order valence-corrected chi connectivity index (χ1v) is 13.9. The number of hydrogen-bond acceptors (Lipinski definition) is 7. The first kappa shape index (κ1) is 30.2. The van der Waals surface area contributed by atoms with E-state index in [-0.39, 0.29) is 11.9 Å². The number of anilines is 1. The number of fused-ring (bicyclic) bond motifs is 1. The lowest BCUT2D eigenvalue weighted by Gasteiger charge is -2.32. The lowest BCUT2D eigenvalue weighted by atomic mass is 10.0. The number of halogens is 3. The third-order valence-electron chi connectivity index (χ3n) is 6.68. The number of hydrogen-bond donors (Lipinski definition) is 2. The fourth-order valence-corrected chi connectivity index (χ4v) is 5.39. The summed E-state index contributed by atoms with van der Waals surface area (Å²) < 4.78 is 43.1. The van der Waals surface area contributed by atoms with Gasteiger partial charge in [0.2, 0.25) is 0 Å². The molecule has 1 aromatic heterocycles. The standard InChI is InChI=1S/C27H31N3O3S.C2HF3O2/c1-29(2)22-6-4-20(5-7-22)25-9-10-26(34-25)27(31)28-21-11-13-30(14-12-21)18-19-3-8-23-24(17-19)33-16-15-32-23;3-2(4,5)1(6)7/h3-10,17,21H,11-16,18H2,1-2H3,(H,28,31);(H,6,7). The molecule has 3 aromatic rings. The van der Waals surface area contributed by atoms with E-state index in [1.165, 1.54) is 11.3 Å². The van der Waals surface area contributed by atoms with E-state index in [2.05, 4.69) is 51.5 Å². The Morgan fingerprint density at radius 3 is 2.24 bits per heavy atom. The predicted octanol–water partition coefficient (Wildman–Crippen LogP) is 5.28. The highest BCUT2D eigenvalue weighted by Crippen LogP contribution is 2.32. The molecule has 0 aliphatic carbocycles. The number of ether oxygens (including phenoxy) is 2. The molecule has 5 rings (SSSR count). The van der Waals surface area contributed by atoms with Crippen LogP contribution < -0.4 is 19.7 Å². The van der Waals surface area contributed by atoms with E-state index in [1.54, 1.807) is 11.3 Å². The largest absolute Gasteiger partial charge is 0.490 e. The number of thiophene rings is 1. The van der Waals surface area contributed by atoms with Gasteiger partial charge < -0.3 is 24.8 Å². The summed E-state index contributed by atoms with van der Waals surface area (Å²) in [6.07, 6.45) is -3.17. The molecule has 2 aliphatic heterocycles. The fourth-order valence-electron chi connectivity index (χ4n) is 4.48. The number of carbonyl (C=O) groups excluding carboxylic acids is 1. The number of piperidine rings is 1. The maximum atomic E-state index is 12.9. The fraction of sp³-hybridized carbons (Fsp3) is 0.379. The van der Waals surface area contributed by atoms with Gasteiger partial charge in [-0.3, -0.25) is 9.69 Å². The van der Waals surface area contributed by atoms with Crippen LogP contribution in [0.2, 0.25) is 0 Å². The van der Waals surface area contributed by atoms with Crippen molar-refractivity contribution in [2.45, 2.75) is 31.6 Å². The summed E-state index contributed by atoms with van der Waals surface area (Å²) in [6, 6.07) is 18.8. The van der Waals surface area contributed by atoms with Gasteiger partial charge in [0.05, 0.1) is 4.88 Å². The zero-order chi connectivity index (χ0) is 29.6. The average molecular weight is 592 g/mol. The normalized spacial score (nSPS) is 15.4. The van der Waals surface area contributed by atoms with Gasteiger partial charge >= 0.3 is 12.1 Å². The molecule has 1 saturated heterocycles. The van der Waals surface area contributed by atoms with E-state index in [4.69, 9.17) is 19.4 Å². The highest BCUT2D eigenvalue weighted by Gasteiger charge is 2.38. The van der Waals surface area contributed by atoms with Gasteiger partial charge in [-0.15, -0.1) is 11.3 Å². The highest BCUT2D eigenvalue weighted by molar-refractivity contribution is 7.17. The van der Waals surface area contributed by atoms with Gasteiger partial charge in [0.15, 0.2) is 11.5 Å². The maximum Gasteiger partial charge on any atom is 0.490 e. The van der Waals surface area contributed by atoms with Crippen molar-refractivity contribution in [1.29, 1.82) is 0 Å². The predicted molar refractivity (Wildman–Crippen MR) is 151 cm³/mol. The second-order valence-electron chi connectivity index (χ2n) is 9.91. The number of rotatable bonds is 6. The first-order chi connectivity index (χ1) is 19.5. The molecule has 0 saturated carbocycles.